The normalized spacial score (nSPS) is 40.8. The van der Waals surface area contributed by atoms with Gasteiger partial charge in [0.25, 0.3) is 0 Å². The largest absolute Gasteiger partial charge is 0.370 e. The fourth-order valence-electron chi connectivity index (χ4n) is 3.76. The summed E-state index contributed by atoms with van der Waals surface area (Å²) in [5.41, 5.74) is 6.33. The first-order valence-electron chi connectivity index (χ1n) is 7.41. The van der Waals surface area contributed by atoms with Crippen LogP contribution < -0.4 is 5.73 Å². The van der Waals surface area contributed by atoms with Crippen molar-refractivity contribution in [3.8, 4) is 0 Å². The molecule has 1 unspecified atom stereocenters. The molecule has 2 rings (SSSR count). The molecule has 2 aliphatic rings. The summed E-state index contributed by atoms with van der Waals surface area (Å²) < 4.78 is 6.00. The summed E-state index contributed by atoms with van der Waals surface area (Å²) >= 11 is 0. The van der Waals surface area contributed by atoms with Gasteiger partial charge in [0.2, 0.25) is 0 Å². The molecule has 1 heterocycles. The van der Waals surface area contributed by atoms with Crippen LogP contribution in [0.25, 0.3) is 0 Å². The van der Waals surface area contributed by atoms with E-state index in [-0.39, 0.29) is 11.1 Å². The summed E-state index contributed by atoms with van der Waals surface area (Å²) in [5.74, 6) is 1.64. The SMILES string of the molecule is CC1CN(C2(CN)CC(C(C)C)C2)CC(C)(C)O1. The lowest BCUT2D eigenvalue weighted by Gasteiger charge is -2.59. The predicted molar refractivity (Wildman–Crippen MR) is 75.5 cm³/mol. The summed E-state index contributed by atoms with van der Waals surface area (Å²) in [6.45, 7) is 14.1. The van der Waals surface area contributed by atoms with Gasteiger partial charge in [0.1, 0.15) is 0 Å². The van der Waals surface area contributed by atoms with E-state index in [2.05, 4.69) is 39.5 Å². The average Bonchev–Trinajstić information content (AvgIpc) is 2.12. The molecule has 18 heavy (non-hydrogen) atoms. The lowest BCUT2D eigenvalue weighted by Crippen LogP contribution is -2.68. The first kappa shape index (κ1) is 14.3. The van der Waals surface area contributed by atoms with Crippen LogP contribution in [0.1, 0.15) is 47.5 Å². The van der Waals surface area contributed by atoms with E-state index in [1.165, 1.54) is 12.8 Å². The van der Waals surface area contributed by atoms with Crippen molar-refractivity contribution < 1.29 is 4.74 Å². The fraction of sp³-hybridized carbons (Fsp3) is 1.00. The molecule has 0 aromatic rings. The van der Waals surface area contributed by atoms with Crippen LogP contribution in [0.4, 0.5) is 0 Å². The molecule has 0 spiro atoms. The molecular formula is C15H30N2O. The minimum atomic E-state index is -0.0389. The number of ether oxygens (including phenoxy) is 1. The van der Waals surface area contributed by atoms with Gasteiger partial charge in [-0.15, -0.1) is 0 Å². The van der Waals surface area contributed by atoms with Gasteiger partial charge in [-0.25, -0.2) is 0 Å². The minimum absolute atomic E-state index is 0.0389. The highest BCUT2D eigenvalue weighted by Gasteiger charge is 2.51. The second kappa shape index (κ2) is 4.77. The summed E-state index contributed by atoms with van der Waals surface area (Å²) in [5, 5.41) is 0. The third kappa shape index (κ3) is 2.59. The Bertz CT molecular complexity index is 295. The Labute approximate surface area is 112 Å². The topological polar surface area (TPSA) is 38.5 Å². The number of hydrogen-bond acceptors (Lipinski definition) is 3. The number of hydrogen-bond donors (Lipinski definition) is 1. The van der Waals surface area contributed by atoms with E-state index in [0.717, 1.165) is 31.5 Å². The van der Waals surface area contributed by atoms with Gasteiger partial charge in [-0.1, -0.05) is 13.8 Å². The Morgan fingerprint density at radius 3 is 2.39 bits per heavy atom. The van der Waals surface area contributed by atoms with Crippen LogP contribution in [-0.2, 0) is 4.74 Å². The Morgan fingerprint density at radius 1 is 1.33 bits per heavy atom. The molecule has 0 aromatic carbocycles. The molecule has 0 radical (unpaired) electrons. The van der Waals surface area contributed by atoms with Crippen LogP contribution in [0.5, 0.6) is 0 Å². The molecule has 1 aliphatic carbocycles. The molecular weight excluding hydrogens is 224 g/mol. The molecule has 0 amide bonds. The van der Waals surface area contributed by atoms with Gasteiger partial charge in [0.15, 0.2) is 0 Å². The maximum absolute atomic E-state index is 6.11. The molecule has 3 heteroatoms. The van der Waals surface area contributed by atoms with E-state index < -0.39 is 0 Å². The van der Waals surface area contributed by atoms with Gasteiger partial charge < -0.3 is 10.5 Å². The van der Waals surface area contributed by atoms with Crippen molar-refractivity contribution in [2.24, 2.45) is 17.6 Å². The van der Waals surface area contributed by atoms with Gasteiger partial charge in [-0.3, -0.25) is 4.90 Å². The van der Waals surface area contributed by atoms with Crippen LogP contribution in [0.3, 0.4) is 0 Å². The first-order valence-corrected chi connectivity index (χ1v) is 7.41. The van der Waals surface area contributed by atoms with Crippen LogP contribution >= 0.6 is 0 Å². The Hall–Kier alpha value is -0.120. The molecule has 0 bridgehead atoms. The van der Waals surface area contributed by atoms with Gasteiger partial charge in [0.05, 0.1) is 11.7 Å². The van der Waals surface area contributed by atoms with Crippen molar-refractivity contribution >= 4 is 0 Å². The van der Waals surface area contributed by atoms with Crippen LogP contribution in [0, 0.1) is 11.8 Å². The molecule has 1 saturated carbocycles. The third-order valence-corrected chi connectivity index (χ3v) is 4.85. The second-order valence-electron chi connectivity index (χ2n) is 7.41. The van der Waals surface area contributed by atoms with Crippen molar-refractivity contribution in [1.82, 2.24) is 4.90 Å². The number of rotatable bonds is 3. The summed E-state index contributed by atoms with van der Waals surface area (Å²) in [6, 6.07) is 0. The molecule has 0 aromatic heterocycles. The van der Waals surface area contributed by atoms with E-state index in [1.807, 2.05) is 0 Å². The Balaban J connectivity index is 2.05. The van der Waals surface area contributed by atoms with E-state index >= 15 is 0 Å². The van der Waals surface area contributed by atoms with Crippen molar-refractivity contribution in [1.29, 1.82) is 0 Å². The van der Waals surface area contributed by atoms with Crippen LogP contribution in [0.15, 0.2) is 0 Å². The van der Waals surface area contributed by atoms with E-state index in [9.17, 15) is 0 Å². The summed E-state index contributed by atoms with van der Waals surface area (Å²) in [7, 11) is 0. The van der Waals surface area contributed by atoms with Crippen molar-refractivity contribution in [2.75, 3.05) is 19.6 Å². The second-order valence-corrected chi connectivity index (χ2v) is 7.41. The highest BCUT2D eigenvalue weighted by Crippen LogP contribution is 2.46. The predicted octanol–water partition coefficient (Wildman–Crippen LogP) is 2.25. The van der Waals surface area contributed by atoms with Gasteiger partial charge in [-0.2, -0.15) is 0 Å². The summed E-state index contributed by atoms with van der Waals surface area (Å²) in [6.07, 6.45) is 2.85. The lowest BCUT2D eigenvalue weighted by atomic mass is 9.62. The average molecular weight is 254 g/mol. The van der Waals surface area contributed by atoms with Gasteiger partial charge in [-0.05, 0) is 45.4 Å². The van der Waals surface area contributed by atoms with Crippen molar-refractivity contribution in [2.45, 2.75) is 64.7 Å². The third-order valence-electron chi connectivity index (χ3n) is 4.85. The molecule has 1 atom stereocenters. The zero-order valence-electron chi connectivity index (χ0n) is 12.7. The highest BCUT2D eigenvalue weighted by molar-refractivity contribution is 5.06. The Kier molecular flexibility index (Phi) is 3.79. The zero-order valence-corrected chi connectivity index (χ0v) is 12.7. The molecule has 1 aliphatic heterocycles. The number of nitrogens with two attached hydrogens (primary N) is 1. The highest BCUT2D eigenvalue weighted by atomic mass is 16.5. The van der Waals surface area contributed by atoms with Crippen molar-refractivity contribution in [3.63, 3.8) is 0 Å². The molecule has 1 saturated heterocycles. The Morgan fingerprint density at radius 2 is 1.94 bits per heavy atom. The van der Waals surface area contributed by atoms with Crippen LogP contribution in [0.2, 0.25) is 0 Å². The van der Waals surface area contributed by atoms with E-state index in [1.54, 1.807) is 0 Å². The fourth-order valence-corrected chi connectivity index (χ4v) is 3.76. The standard InChI is InChI=1S/C15H30N2O/c1-11(2)13-6-15(7-13,9-16)17-8-12(3)18-14(4,5)10-17/h11-13H,6-10,16H2,1-5H3. The minimum Gasteiger partial charge on any atom is -0.370 e. The van der Waals surface area contributed by atoms with Gasteiger partial charge in [0, 0.05) is 25.2 Å². The maximum atomic E-state index is 6.11. The number of nitrogens with zero attached hydrogens (tertiary/aromatic N) is 1. The van der Waals surface area contributed by atoms with Crippen molar-refractivity contribution in [3.05, 3.63) is 0 Å². The quantitative estimate of drug-likeness (QED) is 0.839. The summed E-state index contributed by atoms with van der Waals surface area (Å²) in [4.78, 5) is 2.61. The first-order chi connectivity index (χ1) is 8.28. The van der Waals surface area contributed by atoms with E-state index in [0.29, 0.717) is 6.10 Å². The molecule has 106 valence electrons. The molecule has 2 fully saturated rings. The maximum Gasteiger partial charge on any atom is 0.0757 e. The van der Waals surface area contributed by atoms with Gasteiger partial charge >= 0.3 is 0 Å². The molecule has 3 nitrogen and oxygen atoms in total. The zero-order chi connectivity index (χ0) is 13.6. The number of morpholine rings is 1. The molecule has 2 N–H and O–H groups in total. The monoisotopic (exact) mass is 254 g/mol. The lowest BCUT2D eigenvalue weighted by molar-refractivity contribution is -0.173. The van der Waals surface area contributed by atoms with Crippen LogP contribution in [-0.4, -0.2) is 41.8 Å². The smallest absolute Gasteiger partial charge is 0.0757 e. The van der Waals surface area contributed by atoms with E-state index in [4.69, 9.17) is 10.5 Å².